The second kappa shape index (κ2) is 12.7. The maximum Gasteiger partial charge on any atom is 0.251 e. The highest BCUT2D eigenvalue weighted by Crippen LogP contribution is 2.25. The van der Waals surface area contributed by atoms with Crippen LogP contribution in [-0.2, 0) is 0 Å². The highest BCUT2D eigenvalue weighted by Gasteiger charge is 2.23. The van der Waals surface area contributed by atoms with Crippen LogP contribution in [0.4, 0.5) is 17.5 Å². The van der Waals surface area contributed by atoms with Crippen molar-refractivity contribution >= 4 is 23.4 Å². The van der Waals surface area contributed by atoms with Gasteiger partial charge in [-0.1, -0.05) is 44.4 Å². The molecule has 6 rings (SSSR count). The Bertz CT molecular complexity index is 1440. The number of nitrogens with one attached hydrogen (secondary N) is 2. The van der Waals surface area contributed by atoms with Crippen LogP contribution in [0.15, 0.2) is 71.6 Å². The predicted octanol–water partition coefficient (Wildman–Crippen LogP) is 6.09. The first kappa shape index (κ1) is 26.0. The first-order valence-electron chi connectivity index (χ1n) is 13.5. The number of benzene rings is 1. The van der Waals surface area contributed by atoms with Gasteiger partial charge in [-0.2, -0.15) is 4.98 Å². The van der Waals surface area contributed by atoms with Crippen molar-refractivity contribution in [2.24, 2.45) is 0 Å². The predicted molar refractivity (Wildman–Crippen MR) is 152 cm³/mol. The van der Waals surface area contributed by atoms with E-state index >= 15 is 0 Å². The third kappa shape index (κ3) is 7.68. The second-order valence-electron chi connectivity index (χ2n) is 9.72. The number of hydrogen-bond donors (Lipinski definition) is 3. The molecular formula is C31H32N6O2. The van der Waals surface area contributed by atoms with Crippen molar-refractivity contribution < 1.29 is 9.21 Å². The average Bonchev–Trinajstić information content (AvgIpc) is 3.63. The van der Waals surface area contributed by atoms with Crippen LogP contribution in [0, 0.1) is 11.8 Å². The lowest BCUT2D eigenvalue weighted by atomic mass is 10.0. The minimum atomic E-state index is -0.0848. The Morgan fingerprint density at radius 1 is 0.949 bits per heavy atom. The van der Waals surface area contributed by atoms with Crippen molar-refractivity contribution in [3.05, 3.63) is 84.0 Å². The van der Waals surface area contributed by atoms with E-state index in [1.807, 2.05) is 24.3 Å². The van der Waals surface area contributed by atoms with Gasteiger partial charge in [0.1, 0.15) is 17.3 Å². The molecule has 2 aliphatic rings. The lowest BCUT2D eigenvalue weighted by molar-refractivity contribution is 0.0951. The van der Waals surface area contributed by atoms with Crippen LogP contribution in [-0.4, -0.2) is 26.9 Å². The van der Waals surface area contributed by atoms with Crippen LogP contribution in [0.3, 0.4) is 0 Å². The normalized spacial score (nSPS) is 14.3. The van der Waals surface area contributed by atoms with Crippen LogP contribution >= 0.6 is 0 Å². The molecule has 198 valence electrons. The molecular weight excluding hydrogens is 488 g/mol. The Kier molecular flexibility index (Phi) is 8.49. The van der Waals surface area contributed by atoms with Crippen LogP contribution in [0.25, 0.3) is 11.3 Å². The summed E-state index contributed by atoms with van der Waals surface area (Å²) in [7, 11) is 0. The zero-order valence-electron chi connectivity index (χ0n) is 21.8. The molecule has 2 fully saturated rings. The monoisotopic (exact) mass is 520 g/mol. The first-order valence-corrected chi connectivity index (χ1v) is 13.5. The molecule has 0 aliphatic heterocycles. The van der Waals surface area contributed by atoms with Gasteiger partial charge < -0.3 is 20.8 Å². The van der Waals surface area contributed by atoms with E-state index in [-0.39, 0.29) is 5.91 Å². The molecule has 1 amide bonds. The number of hydrogen-bond acceptors (Lipinski definition) is 7. The molecule has 8 nitrogen and oxygen atoms in total. The number of amides is 1. The molecule has 4 N–H and O–H groups in total. The maximum absolute atomic E-state index is 12.2. The fourth-order valence-corrected chi connectivity index (χ4v) is 4.18. The Morgan fingerprint density at radius 2 is 1.69 bits per heavy atom. The van der Waals surface area contributed by atoms with E-state index in [1.54, 1.807) is 42.9 Å². The van der Waals surface area contributed by atoms with Crippen LogP contribution in [0.2, 0.25) is 0 Å². The van der Waals surface area contributed by atoms with Crippen molar-refractivity contribution in [3.8, 4) is 23.2 Å². The third-order valence-corrected chi connectivity index (χ3v) is 6.52. The summed E-state index contributed by atoms with van der Waals surface area (Å²) in [6.45, 7) is 0. The van der Waals surface area contributed by atoms with Crippen molar-refractivity contribution in [3.63, 3.8) is 0 Å². The smallest absolute Gasteiger partial charge is 0.251 e. The van der Waals surface area contributed by atoms with Crippen LogP contribution in [0.5, 0.6) is 0 Å². The summed E-state index contributed by atoms with van der Waals surface area (Å²) in [6.07, 6.45) is 15.9. The number of nitrogens with two attached hydrogens (primary N) is 1. The van der Waals surface area contributed by atoms with Gasteiger partial charge in [-0.25, -0.2) is 9.97 Å². The largest absolute Gasteiger partial charge is 0.464 e. The average molecular weight is 521 g/mol. The molecule has 0 bridgehead atoms. The molecule has 0 spiro atoms. The van der Waals surface area contributed by atoms with Gasteiger partial charge in [-0.3, -0.25) is 4.79 Å². The van der Waals surface area contributed by atoms with E-state index in [1.165, 1.54) is 38.5 Å². The number of aromatic nitrogens is 3. The molecule has 2 saturated carbocycles. The summed E-state index contributed by atoms with van der Waals surface area (Å²) >= 11 is 0. The molecule has 0 unspecified atom stereocenters. The van der Waals surface area contributed by atoms with E-state index in [0.717, 1.165) is 24.1 Å². The van der Waals surface area contributed by atoms with Gasteiger partial charge in [0.25, 0.3) is 5.91 Å². The lowest BCUT2D eigenvalue weighted by Crippen LogP contribution is -2.25. The Labute approximate surface area is 228 Å². The van der Waals surface area contributed by atoms with Gasteiger partial charge in [-0.05, 0) is 67.3 Å². The molecule has 8 heteroatoms. The molecule has 4 aromatic rings. The van der Waals surface area contributed by atoms with Gasteiger partial charge in [0.15, 0.2) is 0 Å². The second-order valence-corrected chi connectivity index (χ2v) is 9.72. The number of nitrogen functional groups attached to an aromatic ring is 1. The highest BCUT2D eigenvalue weighted by atomic mass is 16.3. The molecule has 1 aromatic carbocycles. The summed E-state index contributed by atoms with van der Waals surface area (Å²) in [4.78, 5) is 25.0. The zero-order valence-corrected chi connectivity index (χ0v) is 21.8. The van der Waals surface area contributed by atoms with E-state index < -0.39 is 0 Å². The fraction of sp³-hybridized carbons (Fsp3) is 0.290. The topological polar surface area (TPSA) is 119 Å². The SMILES string of the molecule is C1CCCCC1.Nc1nc(Nc2ccc(C#Cc3cc(C(=O)NC4CC4)ccn3)cc2)ncc1-c1ccco1. The first-order chi connectivity index (χ1) is 19.1. The van der Waals surface area contributed by atoms with Gasteiger partial charge in [0.05, 0.1) is 11.8 Å². The molecule has 0 atom stereocenters. The number of anilines is 3. The highest BCUT2D eigenvalue weighted by molar-refractivity contribution is 5.94. The quantitative estimate of drug-likeness (QED) is 0.272. The number of rotatable bonds is 5. The van der Waals surface area contributed by atoms with E-state index in [4.69, 9.17) is 10.2 Å². The Balaban J connectivity index is 0.000000455. The number of furan rings is 1. The third-order valence-electron chi connectivity index (χ3n) is 6.52. The summed E-state index contributed by atoms with van der Waals surface area (Å²) in [5.41, 5.74) is 9.39. The number of nitrogens with zero attached hydrogens (tertiary/aromatic N) is 3. The summed E-state index contributed by atoms with van der Waals surface area (Å²) in [5.74, 6) is 7.32. The summed E-state index contributed by atoms with van der Waals surface area (Å²) < 4.78 is 5.34. The van der Waals surface area contributed by atoms with Gasteiger partial charge in [0, 0.05) is 35.2 Å². The number of carbonyl (C=O) groups excluding carboxylic acids is 1. The molecule has 3 aromatic heterocycles. The maximum atomic E-state index is 12.2. The lowest BCUT2D eigenvalue weighted by Gasteiger charge is -2.07. The van der Waals surface area contributed by atoms with E-state index in [9.17, 15) is 4.79 Å². The van der Waals surface area contributed by atoms with Crippen molar-refractivity contribution in [1.29, 1.82) is 0 Å². The van der Waals surface area contributed by atoms with Crippen LogP contribution in [0.1, 0.15) is 73.0 Å². The van der Waals surface area contributed by atoms with E-state index in [2.05, 4.69) is 37.4 Å². The Morgan fingerprint density at radius 3 is 2.33 bits per heavy atom. The zero-order chi connectivity index (χ0) is 26.9. The van der Waals surface area contributed by atoms with Crippen LogP contribution < -0.4 is 16.4 Å². The van der Waals surface area contributed by atoms with Crippen molar-refractivity contribution in [2.75, 3.05) is 11.1 Å². The van der Waals surface area contributed by atoms with Crippen molar-refractivity contribution in [2.45, 2.75) is 57.4 Å². The van der Waals surface area contributed by atoms with Gasteiger partial charge in [0.2, 0.25) is 5.95 Å². The molecule has 2 aliphatic carbocycles. The standard InChI is InChI=1S/C25H20N6O2.C6H12/c26-23-21(22-2-1-13-33-22)15-28-25(31-23)30-19-6-3-16(4-7-19)5-8-20-14-17(11-12-27-20)24(32)29-18-9-10-18;1-2-4-6-5-3-1/h1-4,6-7,11-15,18H,9-10H2,(H,29,32)(H3,26,28,30,31);1-6H2. The van der Waals surface area contributed by atoms with Crippen molar-refractivity contribution in [1.82, 2.24) is 20.3 Å². The molecule has 0 saturated heterocycles. The fourth-order valence-electron chi connectivity index (χ4n) is 4.18. The molecule has 0 radical (unpaired) electrons. The van der Waals surface area contributed by atoms with E-state index in [0.29, 0.717) is 40.4 Å². The summed E-state index contributed by atoms with van der Waals surface area (Å²) in [6, 6.07) is 14.8. The number of pyridine rings is 1. The van der Waals surface area contributed by atoms with Gasteiger partial charge in [-0.15, -0.1) is 0 Å². The van der Waals surface area contributed by atoms with Gasteiger partial charge >= 0.3 is 0 Å². The minimum Gasteiger partial charge on any atom is -0.464 e. The number of carbonyl (C=O) groups is 1. The summed E-state index contributed by atoms with van der Waals surface area (Å²) in [5, 5.41) is 6.09. The molecule has 3 heterocycles. The minimum absolute atomic E-state index is 0.0848. The molecule has 39 heavy (non-hydrogen) atoms. The Hall–Kier alpha value is -4.64.